The number of rotatable bonds is 17. The molecule has 0 aliphatic carbocycles. The number of aliphatic hydroxyl groups is 1. The van der Waals surface area contributed by atoms with Crippen LogP contribution in [0.2, 0.25) is 0 Å². The van der Waals surface area contributed by atoms with Crippen molar-refractivity contribution >= 4 is 34.7 Å². The minimum Gasteiger partial charge on any atom is -0.455 e. The van der Waals surface area contributed by atoms with Crippen molar-refractivity contribution in [3.63, 3.8) is 0 Å². The van der Waals surface area contributed by atoms with Gasteiger partial charge in [0.1, 0.15) is 29.9 Å². The fourth-order valence-electron chi connectivity index (χ4n) is 8.00. The van der Waals surface area contributed by atoms with E-state index in [9.17, 15) is 24.3 Å². The summed E-state index contributed by atoms with van der Waals surface area (Å²) in [6.45, 7) is 9.71. The number of allylic oxidation sites excluding steroid dienone is 1. The van der Waals surface area contributed by atoms with Crippen LogP contribution in [0.3, 0.4) is 0 Å². The van der Waals surface area contributed by atoms with Crippen molar-refractivity contribution in [1.82, 2.24) is 30.1 Å². The molecule has 51 heavy (non-hydrogen) atoms. The van der Waals surface area contributed by atoms with Gasteiger partial charge in [-0.15, -0.1) is 18.3 Å². The van der Waals surface area contributed by atoms with Gasteiger partial charge in [0.05, 0.1) is 29.5 Å². The number of ether oxygens (including phenoxy) is 2. The lowest BCUT2D eigenvalue weighted by Gasteiger charge is -2.36. The summed E-state index contributed by atoms with van der Waals surface area (Å²) in [7, 11) is 0. The number of nitrogens with zero attached hydrogens (tertiary/aromatic N) is 5. The van der Waals surface area contributed by atoms with Gasteiger partial charge in [-0.1, -0.05) is 59.8 Å². The van der Waals surface area contributed by atoms with Gasteiger partial charge in [0.25, 0.3) is 0 Å². The number of amides is 3. The first-order chi connectivity index (χ1) is 24.7. The standard InChI is InChI=1S/C38H46N6O7/c1-4-6-18-30(46)39-25(3)33(26-14-8-7-9-15-26)50-37(49)31-29-19-20-38(51-29)32(31)35(47)43(22-12-13-23-45)34(38)36(48)42(21-5-2)24-44-28-17-11-10-16-27(28)40-41-44/h4-5,7-11,14-17,25,29,31-34,45H,1-2,6,12-13,18-24H2,3H3,(H,39,46)/t25-,29+,31-,32-,33-,34+,38-/m1/s1. The summed E-state index contributed by atoms with van der Waals surface area (Å²) in [5.74, 6) is -3.40. The Morgan fingerprint density at radius 1 is 1.14 bits per heavy atom. The molecule has 0 saturated carbocycles. The molecule has 1 spiro atoms. The number of likely N-dealkylation sites (tertiary alicyclic amines) is 1. The normalized spacial score (nSPS) is 24.6. The maximum absolute atomic E-state index is 14.7. The molecule has 0 radical (unpaired) electrons. The summed E-state index contributed by atoms with van der Waals surface area (Å²) >= 11 is 0. The van der Waals surface area contributed by atoms with E-state index in [1.165, 1.54) is 4.90 Å². The molecule has 270 valence electrons. The SMILES string of the molecule is C=CCCC(=O)N[C@H](C)[C@@H](OC(=O)[C@@H]1[C@@H]2CC[C@]3(O2)[C@H](C(=O)N(CC=C)Cn2nnc4ccccc42)N(CCCCO)C(=O)[C@@H]13)c1ccccc1. The van der Waals surface area contributed by atoms with Gasteiger partial charge in [-0.25, -0.2) is 4.68 Å². The monoisotopic (exact) mass is 698 g/mol. The largest absolute Gasteiger partial charge is 0.455 e. The lowest BCUT2D eigenvalue weighted by Crippen LogP contribution is -2.56. The van der Waals surface area contributed by atoms with Crippen molar-refractivity contribution in [2.24, 2.45) is 11.8 Å². The number of para-hydroxylation sites is 1. The van der Waals surface area contributed by atoms with E-state index >= 15 is 0 Å². The number of benzene rings is 2. The Balaban J connectivity index is 1.30. The van der Waals surface area contributed by atoms with Crippen LogP contribution >= 0.6 is 0 Å². The highest BCUT2D eigenvalue weighted by Gasteiger charge is 2.75. The molecular weight excluding hydrogens is 652 g/mol. The summed E-state index contributed by atoms with van der Waals surface area (Å²) in [6.07, 6.45) is 4.37. The highest BCUT2D eigenvalue weighted by Crippen LogP contribution is 2.59. The summed E-state index contributed by atoms with van der Waals surface area (Å²) in [5.41, 5.74) is 0.872. The lowest BCUT2D eigenvalue weighted by atomic mass is 9.70. The molecule has 7 atom stereocenters. The van der Waals surface area contributed by atoms with Crippen LogP contribution in [0.1, 0.15) is 57.1 Å². The van der Waals surface area contributed by atoms with Gasteiger partial charge < -0.3 is 29.7 Å². The second kappa shape index (κ2) is 15.6. The lowest BCUT2D eigenvalue weighted by molar-refractivity contribution is -0.162. The maximum Gasteiger partial charge on any atom is 0.313 e. The fourth-order valence-corrected chi connectivity index (χ4v) is 8.00. The Labute approximate surface area is 297 Å². The molecule has 13 nitrogen and oxygen atoms in total. The summed E-state index contributed by atoms with van der Waals surface area (Å²) in [6, 6.07) is 15.0. The van der Waals surface area contributed by atoms with E-state index in [2.05, 4.69) is 28.8 Å². The third kappa shape index (κ3) is 6.92. The molecule has 3 aliphatic rings. The second-order valence-corrected chi connectivity index (χ2v) is 13.5. The van der Waals surface area contributed by atoms with Crippen LogP contribution in [0, 0.1) is 11.8 Å². The summed E-state index contributed by atoms with van der Waals surface area (Å²) in [5, 5.41) is 21.0. The highest BCUT2D eigenvalue weighted by molar-refractivity contribution is 5.98. The Morgan fingerprint density at radius 3 is 2.65 bits per heavy atom. The van der Waals surface area contributed by atoms with Gasteiger partial charge in [-0.3, -0.25) is 19.2 Å². The second-order valence-electron chi connectivity index (χ2n) is 13.5. The molecule has 3 fully saturated rings. The number of carbonyl (C=O) groups is 4. The minimum atomic E-state index is -1.25. The van der Waals surface area contributed by atoms with E-state index in [4.69, 9.17) is 9.47 Å². The van der Waals surface area contributed by atoms with Crippen molar-refractivity contribution in [3.05, 3.63) is 85.5 Å². The molecule has 3 aliphatic heterocycles. The number of carbonyl (C=O) groups excluding carboxylic acids is 4. The predicted octanol–water partition coefficient (Wildman–Crippen LogP) is 3.31. The van der Waals surface area contributed by atoms with Crippen LogP contribution in [0.5, 0.6) is 0 Å². The highest BCUT2D eigenvalue weighted by atomic mass is 16.6. The third-order valence-corrected chi connectivity index (χ3v) is 10.3. The Hall–Kier alpha value is -4.88. The molecule has 2 bridgehead atoms. The van der Waals surface area contributed by atoms with Gasteiger partial charge in [0, 0.05) is 26.1 Å². The van der Waals surface area contributed by atoms with E-state index in [1.807, 2.05) is 54.6 Å². The maximum atomic E-state index is 14.7. The van der Waals surface area contributed by atoms with Gasteiger partial charge in [0.2, 0.25) is 17.7 Å². The molecule has 1 aromatic heterocycles. The number of nitrogens with one attached hydrogen (secondary N) is 1. The van der Waals surface area contributed by atoms with Crippen LogP contribution in [0.15, 0.2) is 79.9 Å². The average Bonchev–Trinajstić information content (AvgIpc) is 3.89. The Kier molecular flexibility index (Phi) is 11.0. The van der Waals surface area contributed by atoms with Gasteiger partial charge in [-0.2, -0.15) is 0 Å². The first-order valence-electron chi connectivity index (χ1n) is 17.7. The number of aromatic nitrogens is 3. The molecule has 6 rings (SSSR count). The van der Waals surface area contributed by atoms with Crippen molar-refractivity contribution < 1.29 is 33.8 Å². The van der Waals surface area contributed by atoms with Gasteiger partial charge in [-0.05, 0) is 56.7 Å². The Morgan fingerprint density at radius 2 is 1.90 bits per heavy atom. The number of aliphatic hydroxyl groups excluding tert-OH is 1. The quantitative estimate of drug-likeness (QED) is 0.123. The smallest absolute Gasteiger partial charge is 0.313 e. The molecule has 13 heteroatoms. The van der Waals surface area contributed by atoms with Crippen LogP contribution in [-0.4, -0.2) is 97.1 Å². The molecule has 3 amide bonds. The third-order valence-electron chi connectivity index (χ3n) is 10.3. The van der Waals surface area contributed by atoms with E-state index in [-0.39, 0.29) is 50.5 Å². The van der Waals surface area contributed by atoms with E-state index in [0.717, 1.165) is 5.52 Å². The van der Waals surface area contributed by atoms with Crippen molar-refractivity contribution in [1.29, 1.82) is 0 Å². The molecule has 3 saturated heterocycles. The Bertz CT molecular complexity index is 1760. The molecule has 3 aromatic rings. The molecule has 0 unspecified atom stereocenters. The zero-order valence-electron chi connectivity index (χ0n) is 28.9. The molecule has 4 heterocycles. The zero-order chi connectivity index (χ0) is 36.1. The first-order valence-corrected chi connectivity index (χ1v) is 17.7. The summed E-state index contributed by atoms with van der Waals surface area (Å²) < 4.78 is 14.5. The van der Waals surface area contributed by atoms with Crippen molar-refractivity contribution in [2.75, 3.05) is 19.7 Å². The van der Waals surface area contributed by atoms with Crippen LogP contribution in [0.25, 0.3) is 11.0 Å². The van der Waals surface area contributed by atoms with Gasteiger partial charge >= 0.3 is 5.97 Å². The molecular formula is C38H46N6O7. The van der Waals surface area contributed by atoms with E-state index in [0.29, 0.717) is 43.2 Å². The number of unbranched alkanes of at least 4 members (excludes halogenated alkanes) is 1. The number of fused-ring (bicyclic) bond motifs is 2. The first kappa shape index (κ1) is 35.9. The van der Waals surface area contributed by atoms with Crippen LogP contribution in [0.4, 0.5) is 0 Å². The van der Waals surface area contributed by atoms with Gasteiger partial charge in [0.15, 0.2) is 0 Å². The van der Waals surface area contributed by atoms with Crippen molar-refractivity contribution in [2.45, 2.75) is 82.0 Å². The molecule has 2 N–H and O–H groups in total. The van der Waals surface area contributed by atoms with E-state index in [1.54, 1.807) is 28.7 Å². The van der Waals surface area contributed by atoms with Crippen LogP contribution in [-0.2, 0) is 35.3 Å². The minimum absolute atomic E-state index is 0.0609. The van der Waals surface area contributed by atoms with Crippen molar-refractivity contribution in [3.8, 4) is 0 Å². The number of hydrogen-bond donors (Lipinski definition) is 2. The molecule has 2 aromatic carbocycles. The van der Waals surface area contributed by atoms with Crippen LogP contribution < -0.4 is 5.32 Å². The fraction of sp³-hybridized carbons (Fsp3) is 0.474. The number of esters is 1. The summed E-state index contributed by atoms with van der Waals surface area (Å²) in [4.78, 5) is 59.3. The zero-order valence-corrected chi connectivity index (χ0v) is 28.9. The topological polar surface area (TPSA) is 156 Å². The number of hydrogen-bond acceptors (Lipinski definition) is 9. The van der Waals surface area contributed by atoms with E-state index < -0.39 is 47.7 Å². The predicted molar refractivity (Wildman–Crippen MR) is 187 cm³/mol. The average molecular weight is 699 g/mol.